The van der Waals surface area contributed by atoms with Gasteiger partial charge in [0.15, 0.2) is 5.76 Å². The highest BCUT2D eigenvalue weighted by Crippen LogP contribution is 2.31. The fraction of sp³-hybridized carbons (Fsp3) is 0.296. The summed E-state index contributed by atoms with van der Waals surface area (Å²) in [6, 6.07) is 14.8. The minimum absolute atomic E-state index is 0.0259. The van der Waals surface area contributed by atoms with Gasteiger partial charge in [0.25, 0.3) is 5.91 Å². The highest BCUT2D eigenvalue weighted by atomic mass is 19.1. The van der Waals surface area contributed by atoms with E-state index >= 15 is 0 Å². The summed E-state index contributed by atoms with van der Waals surface area (Å²) in [4.78, 5) is 41.0. The number of para-hydroxylation sites is 1. The molecule has 0 spiro atoms. The number of halogens is 1. The summed E-state index contributed by atoms with van der Waals surface area (Å²) in [6.45, 7) is 1.48. The first kappa shape index (κ1) is 24.2. The lowest BCUT2D eigenvalue weighted by Gasteiger charge is -2.33. The van der Waals surface area contributed by atoms with Crippen LogP contribution in [0.4, 0.5) is 10.1 Å². The van der Waals surface area contributed by atoms with Crippen LogP contribution in [0.5, 0.6) is 0 Å². The first-order valence-corrected chi connectivity index (χ1v) is 11.7. The van der Waals surface area contributed by atoms with Crippen LogP contribution in [0.1, 0.15) is 53.4 Å². The van der Waals surface area contributed by atoms with E-state index in [9.17, 15) is 18.8 Å². The van der Waals surface area contributed by atoms with E-state index in [1.807, 2.05) is 19.1 Å². The minimum Gasteiger partial charge on any atom is -0.459 e. The summed E-state index contributed by atoms with van der Waals surface area (Å²) in [5, 5.41) is 5.64. The van der Waals surface area contributed by atoms with Crippen molar-refractivity contribution in [2.75, 3.05) is 11.4 Å². The zero-order valence-corrected chi connectivity index (χ0v) is 19.5. The van der Waals surface area contributed by atoms with Gasteiger partial charge in [-0.1, -0.05) is 43.2 Å². The van der Waals surface area contributed by atoms with Crippen LogP contribution in [-0.2, 0) is 9.59 Å². The largest absolute Gasteiger partial charge is 0.459 e. The standard InChI is InChI=1S/C27H28FN3O4/c1-18-7-2-5-10-22(18)31(24(32)17-29-26(33)23-11-6-16-35-23)25(19-12-14-20(28)15-13-19)27(34)30-21-8-3-4-9-21/h2,5-7,10-16,21,25H,3-4,8-9,17H2,1H3,(H,29,33)(H,30,34)/t25-/m1/s1. The van der Waals surface area contributed by atoms with Crippen molar-refractivity contribution in [2.24, 2.45) is 0 Å². The average Bonchev–Trinajstić information content (AvgIpc) is 3.57. The summed E-state index contributed by atoms with van der Waals surface area (Å²) in [7, 11) is 0. The maximum Gasteiger partial charge on any atom is 0.287 e. The number of nitrogens with one attached hydrogen (secondary N) is 2. The molecule has 0 unspecified atom stereocenters. The Balaban J connectivity index is 1.69. The smallest absolute Gasteiger partial charge is 0.287 e. The van der Waals surface area contributed by atoms with Crippen molar-refractivity contribution >= 4 is 23.4 Å². The van der Waals surface area contributed by atoms with Crippen molar-refractivity contribution in [3.8, 4) is 0 Å². The molecule has 1 atom stereocenters. The van der Waals surface area contributed by atoms with Gasteiger partial charge < -0.3 is 15.1 Å². The molecule has 1 aliphatic carbocycles. The Morgan fingerprint density at radius 3 is 2.40 bits per heavy atom. The summed E-state index contributed by atoms with van der Waals surface area (Å²) >= 11 is 0. The zero-order valence-electron chi connectivity index (χ0n) is 19.5. The van der Waals surface area contributed by atoms with Crippen molar-refractivity contribution in [3.05, 3.63) is 89.6 Å². The molecule has 1 saturated carbocycles. The number of anilines is 1. The molecule has 3 amide bonds. The molecule has 0 bridgehead atoms. The van der Waals surface area contributed by atoms with Crippen molar-refractivity contribution < 1.29 is 23.2 Å². The van der Waals surface area contributed by atoms with Crippen LogP contribution in [0.2, 0.25) is 0 Å². The number of rotatable bonds is 8. The van der Waals surface area contributed by atoms with Crippen LogP contribution in [-0.4, -0.2) is 30.3 Å². The van der Waals surface area contributed by atoms with E-state index in [0.717, 1.165) is 31.2 Å². The third-order valence-electron chi connectivity index (χ3n) is 6.18. The van der Waals surface area contributed by atoms with Gasteiger partial charge in [0.1, 0.15) is 11.9 Å². The Labute approximate surface area is 203 Å². The number of amides is 3. The maximum atomic E-state index is 13.7. The molecule has 2 aromatic carbocycles. The number of carbonyl (C=O) groups excluding carboxylic acids is 3. The van der Waals surface area contributed by atoms with Crippen LogP contribution in [0.15, 0.2) is 71.3 Å². The van der Waals surface area contributed by atoms with Gasteiger partial charge in [-0.15, -0.1) is 0 Å². The van der Waals surface area contributed by atoms with Crippen molar-refractivity contribution in [3.63, 3.8) is 0 Å². The number of hydrogen-bond donors (Lipinski definition) is 2. The summed E-state index contributed by atoms with van der Waals surface area (Å²) in [6.07, 6.45) is 5.18. The Kier molecular flexibility index (Phi) is 7.60. The molecule has 1 heterocycles. The molecule has 35 heavy (non-hydrogen) atoms. The number of aryl methyl sites for hydroxylation is 1. The Bertz CT molecular complexity index is 1170. The van der Waals surface area contributed by atoms with Gasteiger partial charge in [-0.2, -0.15) is 0 Å². The van der Waals surface area contributed by atoms with Crippen LogP contribution in [0.25, 0.3) is 0 Å². The lowest BCUT2D eigenvalue weighted by atomic mass is 10.0. The minimum atomic E-state index is -1.05. The van der Waals surface area contributed by atoms with Crippen LogP contribution in [0.3, 0.4) is 0 Å². The Hall–Kier alpha value is -3.94. The van der Waals surface area contributed by atoms with Gasteiger partial charge in [0, 0.05) is 11.7 Å². The zero-order chi connectivity index (χ0) is 24.8. The van der Waals surface area contributed by atoms with E-state index in [4.69, 9.17) is 4.42 Å². The molecular weight excluding hydrogens is 449 g/mol. The lowest BCUT2D eigenvalue weighted by molar-refractivity contribution is -0.126. The predicted molar refractivity (Wildman–Crippen MR) is 129 cm³/mol. The van der Waals surface area contributed by atoms with E-state index in [1.165, 1.54) is 41.5 Å². The van der Waals surface area contributed by atoms with Crippen LogP contribution in [0, 0.1) is 12.7 Å². The van der Waals surface area contributed by atoms with Gasteiger partial charge in [0.05, 0.1) is 12.8 Å². The fourth-order valence-corrected chi connectivity index (χ4v) is 4.40. The molecular formula is C27H28FN3O4. The molecule has 1 aliphatic rings. The van der Waals surface area contributed by atoms with E-state index < -0.39 is 23.7 Å². The third-order valence-corrected chi connectivity index (χ3v) is 6.18. The highest BCUT2D eigenvalue weighted by molar-refractivity contribution is 6.04. The summed E-state index contributed by atoms with van der Waals surface area (Å²) < 4.78 is 18.8. The predicted octanol–water partition coefficient (Wildman–Crippen LogP) is 4.29. The number of benzene rings is 2. The molecule has 1 fully saturated rings. The second-order valence-corrected chi connectivity index (χ2v) is 8.65. The quantitative estimate of drug-likeness (QED) is 0.506. The molecule has 8 heteroatoms. The van der Waals surface area contributed by atoms with Crippen LogP contribution < -0.4 is 15.5 Å². The molecule has 1 aromatic heterocycles. The number of carbonyl (C=O) groups is 3. The molecule has 2 N–H and O–H groups in total. The van der Waals surface area contributed by atoms with Gasteiger partial charge in [-0.25, -0.2) is 4.39 Å². The van der Waals surface area contributed by atoms with Gasteiger partial charge >= 0.3 is 0 Å². The summed E-state index contributed by atoms with van der Waals surface area (Å²) in [5.74, 6) is -1.74. The normalized spacial score (nSPS) is 14.3. The number of furan rings is 1. The van der Waals surface area contributed by atoms with E-state index in [0.29, 0.717) is 11.3 Å². The first-order valence-electron chi connectivity index (χ1n) is 11.7. The Morgan fingerprint density at radius 1 is 1.03 bits per heavy atom. The van der Waals surface area contributed by atoms with E-state index in [1.54, 1.807) is 18.2 Å². The molecule has 0 radical (unpaired) electrons. The van der Waals surface area contributed by atoms with Gasteiger partial charge in [-0.3, -0.25) is 19.3 Å². The maximum absolute atomic E-state index is 13.7. The van der Waals surface area contributed by atoms with Crippen molar-refractivity contribution in [1.82, 2.24) is 10.6 Å². The molecule has 7 nitrogen and oxygen atoms in total. The summed E-state index contributed by atoms with van der Waals surface area (Å²) in [5.41, 5.74) is 1.77. The molecule has 0 aliphatic heterocycles. The van der Waals surface area contributed by atoms with Crippen molar-refractivity contribution in [1.29, 1.82) is 0 Å². The average molecular weight is 478 g/mol. The second kappa shape index (κ2) is 11.0. The highest BCUT2D eigenvalue weighted by Gasteiger charge is 2.35. The van der Waals surface area contributed by atoms with Gasteiger partial charge in [-0.05, 0) is 61.2 Å². The number of nitrogens with zero attached hydrogens (tertiary/aromatic N) is 1. The molecule has 3 aromatic rings. The SMILES string of the molecule is Cc1ccccc1N(C(=O)CNC(=O)c1ccco1)[C@@H](C(=O)NC1CCCC1)c1ccc(F)cc1. The fourth-order valence-electron chi connectivity index (χ4n) is 4.40. The van der Waals surface area contributed by atoms with E-state index in [2.05, 4.69) is 10.6 Å². The van der Waals surface area contributed by atoms with Crippen molar-refractivity contribution in [2.45, 2.75) is 44.7 Å². The lowest BCUT2D eigenvalue weighted by Crippen LogP contribution is -2.49. The Morgan fingerprint density at radius 2 is 1.74 bits per heavy atom. The van der Waals surface area contributed by atoms with E-state index in [-0.39, 0.29) is 24.3 Å². The first-order chi connectivity index (χ1) is 16.9. The molecule has 182 valence electrons. The van der Waals surface area contributed by atoms with Gasteiger partial charge in [0.2, 0.25) is 11.8 Å². The van der Waals surface area contributed by atoms with Crippen LogP contribution >= 0.6 is 0 Å². The topological polar surface area (TPSA) is 91.7 Å². The third kappa shape index (κ3) is 5.77. The monoisotopic (exact) mass is 477 g/mol. The molecule has 0 saturated heterocycles. The second-order valence-electron chi connectivity index (χ2n) is 8.65. The number of hydrogen-bond acceptors (Lipinski definition) is 4. The molecule has 4 rings (SSSR count).